The molecule has 1 atom stereocenters. The highest BCUT2D eigenvalue weighted by atomic mass is 35.5. The lowest BCUT2D eigenvalue weighted by Gasteiger charge is -2.39. The Labute approximate surface area is 205 Å². The van der Waals surface area contributed by atoms with Crippen LogP contribution < -0.4 is 10.6 Å². The number of carbonyl (C=O) groups is 2. The summed E-state index contributed by atoms with van der Waals surface area (Å²) in [6.45, 7) is 1.45. The van der Waals surface area contributed by atoms with Gasteiger partial charge in [0.1, 0.15) is 11.1 Å². The molecule has 4 heterocycles. The Balaban J connectivity index is 1.41. The van der Waals surface area contributed by atoms with E-state index in [-0.39, 0.29) is 30.6 Å². The minimum absolute atomic E-state index is 0.0142. The highest BCUT2D eigenvalue weighted by Crippen LogP contribution is 2.28. The zero-order chi connectivity index (χ0) is 24.0. The maximum atomic E-state index is 13.4. The summed E-state index contributed by atoms with van der Waals surface area (Å²) in [5, 5.41) is 7.33. The van der Waals surface area contributed by atoms with E-state index < -0.39 is 22.0 Å². The quantitative estimate of drug-likeness (QED) is 0.472. The van der Waals surface area contributed by atoms with Crippen LogP contribution in [0.3, 0.4) is 0 Å². The number of aromatic amines is 1. The third kappa shape index (κ3) is 4.09. The monoisotopic (exact) mass is 522 g/mol. The maximum Gasteiger partial charge on any atom is 0.283 e. The number of halogens is 1. The number of thiazole rings is 1. The molecule has 0 spiro atoms. The number of aromatic nitrogens is 2. The number of sulfonamides is 1. The molecule has 5 rings (SSSR count). The highest BCUT2D eigenvalue weighted by molar-refractivity contribution is 7.89. The van der Waals surface area contributed by atoms with E-state index in [1.54, 1.807) is 18.2 Å². The summed E-state index contributed by atoms with van der Waals surface area (Å²) >= 11 is 7.35. The molecule has 13 heteroatoms. The molecule has 0 radical (unpaired) electrons. The molecule has 2 aromatic heterocycles. The van der Waals surface area contributed by atoms with Crippen LogP contribution >= 0.6 is 22.9 Å². The Morgan fingerprint density at radius 2 is 2.09 bits per heavy atom. The topological polar surface area (TPSA) is 128 Å². The van der Waals surface area contributed by atoms with Crippen molar-refractivity contribution in [2.45, 2.75) is 24.0 Å². The second-order valence-electron chi connectivity index (χ2n) is 8.17. The number of hydrogen-bond donors (Lipinski definition) is 3. The fourth-order valence-corrected chi connectivity index (χ4v) is 6.97. The lowest BCUT2D eigenvalue weighted by molar-refractivity contribution is -0.126. The Kier molecular flexibility index (Phi) is 6.10. The minimum atomic E-state index is -3.93. The van der Waals surface area contributed by atoms with E-state index in [1.165, 1.54) is 33.7 Å². The first-order valence-corrected chi connectivity index (χ1v) is 13.4. The van der Waals surface area contributed by atoms with Crippen LogP contribution in [-0.2, 0) is 27.8 Å². The summed E-state index contributed by atoms with van der Waals surface area (Å²) in [7, 11) is -2.47. The number of hydrogen-bond acceptors (Lipinski definition) is 7. The molecule has 1 fully saturated rings. The molecule has 3 N–H and O–H groups in total. The smallest absolute Gasteiger partial charge is 0.283 e. The van der Waals surface area contributed by atoms with Gasteiger partial charge in [0, 0.05) is 67.0 Å². The lowest BCUT2D eigenvalue weighted by atomic mass is 10.1. The molecule has 2 amide bonds. The number of nitrogens with one attached hydrogen (secondary N) is 3. The van der Waals surface area contributed by atoms with Crippen molar-refractivity contribution < 1.29 is 18.0 Å². The molecule has 2 aliphatic heterocycles. The summed E-state index contributed by atoms with van der Waals surface area (Å²) in [5.74, 6) is -0.787. The first-order chi connectivity index (χ1) is 16.3. The largest absolute Gasteiger partial charge is 0.357 e. The lowest BCUT2D eigenvalue weighted by Crippen LogP contribution is -2.61. The molecule has 34 heavy (non-hydrogen) atoms. The van der Waals surface area contributed by atoms with Gasteiger partial charge < -0.3 is 20.5 Å². The number of benzene rings is 1. The number of nitrogens with zero attached hydrogens (tertiary/aromatic N) is 3. The predicted octanol–water partition coefficient (Wildman–Crippen LogP) is 1.18. The second-order valence-corrected chi connectivity index (χ2v) is 11.6. The molecular formula is C21H23ClN6O4S2. The third-order valence-corrected chi connectivity index (χ3v) is 9.22. The predicted molar refractivity (Wildman–Crippen MR) is 128 cm³/mol. The average Bonchev–Trinajstić information content (AvgIpc) is 3.47. The second kappa shape index (κ2) is 8.93. The van der Waals surface area contributed by atoms with Crippen molar-refractivity contribution in [2.75, 3.05) is 33.2 Å². The molecular weight excluding hydrogens is 500 g/mol. The first-order valence-electron chi connectivity index (χ1n) is 10.8. The van der Waals surface area contributed by atoms with Gasteiger partial charge in [0.25, 0.3) is 15.9 Å². The van der Waals surface area contributed by atoms with Gasteiger partial charge in [-0.05, 0) is 24.3 Å². The fraction of sp³-hybridized carbons (Fsp3) is 0.381. The van der Waals surface area contributed by atoms with Crippen molar-refractivity contribution in [2.24, 2.45) is 0 Å². The zero-order valence-corrected chi connectivity index (χ0v) is 20.7. The van der Waals surface area contributed by atoms with Crippen molar-refractivity contribution in [1.29, 1.82) is 0 Å². The van der Waals surface area contributed by atoms with Crippen LogP contribution in [-0.4, -0.2) is 78.7 Å². The van der Waals surface area contributed by atoms with Gasteiger partial charge in [-0.15, -0.1) is 11.3 Å². The summed E-state index contributed by atoms with van der Waals surface area (Å²) in [5.41, 5.74) is 1.55. The molecule has 0 saturated carbocycles. The summed E-state index contributed by atoms with van der Waals surface area (Å²) in [6.07, 6.45) is 0.750. The van der Waals surface area contributed by atoms with E-state index in [0.29, 0.717) is 27.5 Å². The average molecular weight is 523 g/mol. The molecule has 0 bridgehead atoms. The van der Waals surface area contributed by atoms with Gasteiger partial charge in [-0.1, -0.05) is 11.6 Å². The number of piperazine rings is 1. The van der Waals surface area contributed by atoms with Crippen LogP contribution in [0.15, 0.2) is 29.3 Å². The molecule has 2 aliphatic rings. The van der Waals surface area contributed by atoms with Crippen molar-refractivity contribution in [3.63, 3.8) is 0 Å². The number of amides is 2. The first kappa shape index (κ1) is 23.2. The van der Waals surface area contributed by atoms with Crippen LogP contribution in [0.5, 0.6) is 0 Å². The van der Waals surface area contributed by atoms with Gasteiger partial charge in [-0.25, -0.2) is 13.4 Å². The van der Waals surface area contributed by atoms with E-state index in [2.05, 4.69) is 20.6 Å². The summed E-state index contributed by atoms with van der Waals surface area (Å²) in [4.78, 5) is 35.9. The Hall–Kier alpha value is -2.51. The highest BCUT2D eigenvalue weighted by Gasteiger charge is 2.41. The van der Waals surface area contributed by atoms with Gasteiger partial charge in [0.05, 0.1) is 5.69 Å². The van der Waals surface area contributed by atoms with Gasteiger partial charge >= 0.3 is 0 Å². The number of H-pyrrole nitrogens is 1. The molecule has 0 aliphatic carbocycles. The van der Waals surface area contributed by atoms with Crippen LogP contribution in [0.1, 0.15) is 20.4 Å². The zero-order valence-electron chi connectivity index (χ0n) is 18.3. The molecule has 3 aromatic rings. The van der Waals surface area contributed by atoms with E-state index in [9.17, 15) is 18.0 Å². The van der Waals surface area contributed by atoms with Gasteiger partial charge in [0.2, 0.25) is 5.91 Å². The number of rotatable bonds is 4. The molecule has 180 valence electrons. The van der Waals surface area contributed by atoms with Crippen molar-refractivity contribution >= 4 is 55.7 Å². The van der Waals surface area contributed by atoms with Gasteiger partial charge in [0.15, 0.2) is 5.01 Å². The van der Waals surface area contributed by atoms with Crippen molar-refractivity contribution in [1.82, 2.24) is 29.8 Å². The minimum Gasteiger partial charge on any atom is -0.357 e. The van der Waals surface area contributed by atoms with E-state index in [4.69, 9.17) is 11.6 Å². The maximum absolute atomic E-state index is 13.4. The van der Waals surface area contributed by atoms with Gasteiger partial charge in [-0.3, -0.25) is 9.59 Å². The molecule has 1 saturated heterocycles. The van der Waals surface area contributed by atoms with E-state index >= 15 is 0 Å². The van der Waals surface area contributed by atoms with Crippen LogP contribution in [0.25, 0.3) is 10.9 Å². The standard InChI is InChI=1S/C21H23ClN6O4S2/c1-23-19(29)16-11-27(34(31,32)18-9-12-8-13(22)2-3-14(12)25-18)6-7-28(16)21(30)20-26-15-4-5-24-10-17(15)33-20/h2-3,8-9,16,24-25H,4-7,10-11H2,1H3,(H,23,29). The Morgan fingerprint density at radius 1 is 1.26 bits per heavy atom. The molecule has 10 nitrogen and oxygen atoms in total. The fourth-order valence-electron chi connectivity index (χ4n) is 4.31. The van der Waals surface area contributed by atoms with Crippen molar-refractivity contribution in [3.05, 3.63) is 44.9 Å². The normalized spacial score (nSPS) is 19.2. The third-order valence-electron chi connectivity index (χ3n) is 6.11. The number of carbonyl (C=O) groups excluding carboxylic acids is 2. The SMILES string of the molecule is CNC(=O)C1CN(S(=O)(=O)c2cc3cc(Cl)ccc3[nH]2)CCN1C(=O)c1nc2c(s1)CNCC2. The van der Waals surface area contributed by atoms with Crippen LogP contribution in [0.4, 0.5) is 0 Å². The summed E-state index contributed by atoms with van der Waals surface area (Å²) in [6, 6.07) is 5.62. The molecule has 1 aromatic carbocycles. The Bertz CT molecular complexity index is 1360. The van der Waals surface area contributed by atoms with Gasteiger partial charge in [-0.2, -0.15) is 4.31 Å². The number of fused-ring (bicyclic) bond motifs is 2. The van der Waals surface area contributed by atoms with E-state index in [0.717, 1.165) is 23.5 Å². The molecule has 1 unspecified atom stereocenters. The van der Waals surface area contributed by atoms with E-state index in [1.807, 2.05) is 0 Å². The number of likely N-dealkylation sites (N-methyl/N-ethyl adjacent to an activating group) is 1. The van der Waals surface area contributed by atoms with Crippen LogP contribution in [0.2, 0.25) is 5.02 Å². The van der Waals surface area contributed by atoms with Crippen molar-refractivity contribution in [3.8, 4) is 0 Å². The van der Waals surface area contributed by atoms with Crippen LogP contribution in [0, 0.1) is 0 Å². The Morgan fingerprint density at radius 3 is 2.85 bits per heavy atom. The summed E-state index contributed by atoms with van der Waals surface area (Å²) < 4.78 is 28.0.